The van der Waals surface area contributed by atoms with Crippen molar-refractivity contribution in [2.45, 2.75) is 19.0 Å². The van der Waals surface area contributed by atoms with Crippen LogP contribution in [0.5, 0.6) is 0 Å². The summed E-state index contributed by atoms with van der Waals surface area (Å²) in [7, 11) is 0. The number of nitro benzene ring substituents is 1. The number of hydrogen-bond donors (Lipinski definition) is 0. The number of alkyl halides is 3. The molecule has 0 bridgehead atoms. The highest BCUT2D eigenvalue weighted by atomic mass is 35.5. The van der Waals surface area contributed by atoms with Crippen LogP contribution in [0.2, 0.25) is 5.02 Å². The third-order valence-corrected chi connectivity index (χ3v) is 4.24. The monoisotopic (exact) mass is 380 g/mol. The Morgan fingerprint density at radius 1 is 1.36 bits per heavy atom. The van der Waals surface area contributed by atoms with Gasteiger partial charge in [0.15, 0.2) is 0 Å². The van der Waals surface area contributed by atoms with Crippen LogP contribution in [-0.4, -0.2) is 48.2 Å². The van der Waals surface area contributed by atoms with Gasteiger partial charge in [0.25, 0.3) is 5.69 Å². The van der Waals surface area contributed by atoms with Crippen LogP contribution in [0, 0.1) is 16.0 Å². The van der Waals surface area contributed by atoms with E-state index in [1.807, 2.05) is 0 Å². The number of ether oxygens (including phenoxy) is 1. The van der Waals surface area contributed by atoms with Crippen LogP contribution >= 0.6 is 11.6 Å². The maximum Gasteiger partial charge on any atom is 0.401 e. The van der Waals surface area contributed by atoms with E-state index in [1.54, 1.807) is 0 Å². The molecule has 25 heavy (non-hydrogen) atoms. The van der Waals surface area contributed by atoms with Crippen molar-refractivity contribution >= 4 is 23.3 Å². The van der Waals surface area contributed by atoms with Gasteiger partial charge in [0.1, 0.15) is 5.02 Å². The number of nitrogens with zero attached hydrogens (tertiary/aromatic N) is 2. The SMILES string of the molecule is O=C(OCC1CCN(CC(F)(F)F)CC1)c1ccc([N+](=O)[O-])c(Cl)c1. The lowest BCUT2D eigenvalue weighted by molar-refractivity contribution is -0.384. The number of carbonyl (C=O) groups excluding carboxylic acids is 1. The number of likely N-dealkylation sites (tertiary alicyclic amines) is 1. The molecule has 0 amide bonds. The van der Waals surface area contributed by atoms with Gasteiger partial charge < -0.3 is 4.74 Å². The summed E-state index contributed by atoms with van der Waals surface area (Å²) in [6, 6.07) is 3.53. The summed E-state index contributed by atoms with van der Waals surface area (Å²) in [5.74, 6) is -0.684. The number of carbonyl (C=O) groups is 1. The van der Waals surface area contributed by atoms with E-state index in [0.717, 1.165) is 12.1 Å². The number of nitro groups is 1. The minimum absolute atomic E-state index is 0.0121. The number of esters is 1. The fourth-order valence-electron chi connectivity index (χ4n) is 2.62. The van der Waals surface area contributed by atoms with Crippen LogP contribution < -0.4 is 0 Å². The molecule has 1 saturated heterocycles. The van der Waals surface area contributed by atoms with Gasteiger partial charge in [0.05, 0.1) is 23.6 Å². The van der Waals surface area contributed by atoms with Crippen LogP contribution in [0.15, 0.2) is 18.2 Å². The van der Waals surface area contributed by atoms with Gasteiger partial charge in [-0.05, 0) is 44.0 Å². The first-order chi connectivity index (χ1) is 11.7. The number of halogens is 4. The largest absolute Gasteiger partial charge is 0.462 e. The summed E-state index contributed by atoms with van der Waals surface area (Å²) in [6.07, 6.45) is -3.21. The van der Waals surface area contributed by atoms with Crippen molar-refractivity contribution in [3.63, 3.8) is 0 Å². The predicted molar refractivity (Wildman–Crippen MR) is 83.6 cm³/mol. The molecule has 0 spiro atoms. The number of rotatable bonds is 5. The second-order valence-electron chi connectivity index (χ2n) is 5.86. The standard InChI is InChI=1S/C15H16ClF3N2O4/c16-12-7-11(1-2-13(12)21(23)24)14(22)25-8-10-3-5-20(6-4-10)9-15(17,18)19/h1-2,7,10H,3-6,8-9H2. The Balaban J connectivity index is 1.81. The number of benzene rings is 1. The fourth-order valence-corrected chi connectivity index (χ4v) is 2.87. The quantitative estimate of drug-likeness (QED) is 0.442. The lowest BCUT2D eigenvalue weighted by Gasteiger charge is -2.31. The van der Waals surface area contributed by atoms with Crippen molar-refractivity contribution in [1.82, 2.24) is 4.90 Å². The molecule has 1 aliphatic rings. The van der Waals surface area contributed by atoms with Gasteiger partial charge in [-0.15, -0.1) is 0 Å². The lowest BCUT2D eigenvalue weighted by atomic mass is 9.98. The first-order valence-corrected chi connectivity index (χ1v) is 7.93. The van der Waals surface area contributed by atoms with Crippen molar-refractivity contribution in [2.75, 3.05) is 26.2 Å². The number of hydrogen-bond acceptors (Lipinski definition) is 5. The fraction of sp³-hybridized carbons (Fsp3) is 0.533. The number of piperidine rings is 1. The molecule has 2 rings (SSSR count). The Kier molecular flexibility index (Phi) is 6.23. The van der Waals surface area contributed by atoms with E-state index >= 15 is 0 Å². The molecule has 6 nitrogen and oxygen atoms in total. The first kappa shape index (κ1) is 19.5. The molecule has 1 aromatic carbocycles. The van der Waals surface area contributed by atoms with Crippen molar-refractivity contribution in [3.05, 3.63) is 38.9 Å². The molecule has 1 aromatic rings. The van der Waals surface area contributed by atoms with E-state index in [1.165, 1.54) is 11.0 Å². The molecule has 0 saturated carbocycles. The first-order valence-electron chi connectivity index (χ1n) is 7.56. The molecule has 0 atom stereocenters. The van der Waals surface area contributed by atoms with Crippen molar-refractivity contribution in [1.29, 1.82) is 0 Å². The second kappa shape index (κ2) is 8.01. The van der Waals surface area contributed by atoms with Crippen molar-refractivity contribution in [2.24, 2.45) is 5.92 Å². The summed E-state index contributed by atoms with van der Waals surface area (Å²) < 4.78 is 42.1. The van der Waals surface area contributed by atoms with Crippen LogP contribution in [0.3, 0.4) is 0 Å². The van der Waals surface area contributed by atoms with Crippen LogP contribution in [0.4, 0.5) is 18.9 Å². The normalized spacial score (nSPS) is 16.6. The molecular formula is C15H16ClF3N2O4. The minimum atomic E-state index is -4.21. The molecule has 0 radical (unpaired) electrons. The highest BCUT2D eigenvalue weighted by Gasteiger charge is 2.32. The van der Waals surface area contributed by atoms with E-state index in [0.29, 0.717) is 25.9 Å². The van der Waals surface area contributed by atoms with E-state index in [9.17, 15) is 28.1 Å². The van der Waals surface area contributed by atoms with Crippen molar-refractivity contribution < 1.29 is 27.6 Å². The van der Waals surface area contributed by atoms with Crippen LogP contribution in [-0.2, 0) is 4.74 Å². The van der Waals surface area contributed by atoms with Gasteiger partial charge in [-0.3, -0.25) is 15.0 Å². The summed E-state index contributed by atoms with van der Waals surface area (Å²) in [5, 5.41) is 10.5. The molecule has 0 unspecified atom stereocenters. The van der Waals surface area contributed by atoms with Crippen LogP contribution in [0.25, 0.3) is 0 Å². The highest BCUT2D eigenvalue weighted by Crippen LogP contribution is 2.26. The predicted octanol–water partition coefficient (Wildman–Crippen LogP) is 3.68. The van der Waals surface area contributed by atoms with E-state index < -0.39 is 23.6 Å². The molecule has 0 aliphatic carbocycles. The Hall–Kier alpha value is -1.87. The summed E-state index contributed by atoms with van der Waals surface area (Å²) in [6.45, 7) is -0.246. The van der Waals surface area contributed by atoms with E-state index in [4.69, 9.17) is 16.3 Å². The smallest absolute Gasteiger partial charge is 0.401 e. The van der Waals surface area contributed by atoms with Gasteiger partial charge in [-0.2, -0.15) is 13.2 Å². The van der Waals surface area contributed by atoms with E-state index in [-0.39, 0.29) is 28.8 Å². The Bertz CT molecular complexity index is 646. The van der Waals surface area contributed by atoms with Crippen LogP contribution in [0.1, 0.15) is 23.2 Å². The maximum absolute atomic E-state index is 12.3. The van der Waals surface area contributed by atoms with Gasteiger partial charge in [0.2, 0.25) is 0 Å². The summed E-state index contributed by atoms with van der Waals surface area (Å²) >= 11 is 5.74. The minimum Gasteiger partial charge on any atom is -0.462 e. The van der Waals surface area contributed by atoms with E-state index in [2.05, 4.69) is 0 Å². The molecule has 0 N–H and O–H groups in total. The molecule has 1 heterocycles. The van der Waals surface area contributed by atoms with Gasteiger partial charge >= 0.3 is 12.1 Å². The van der Waals surface area contributed by atoms with Gasteiger partial charge in [-0.1, -0.05) is 11.6 Å². The third kappa shape index (κ3) is 5.86. The molecule has 1 fully saturated rings. The Labute approximate surface area is 146 Å². The van der Waals surface area contributed by atoms with Crippen molar-refractivity contribution in [3.8, 4) is 0 Å². The average molecular weight is 381 g/mol. The van der Waals surface area contributed by atoms with Gasteiger partial charge in [0, 0.05) is 6.07 Å². The molecule has 0 aromatic heterocycles. The second-order valence-corrected chi connectivity index (χ2v) is 6.26. The molecule has 1 aliphatic heterocycles. The summed E-state index contributed by atoms with van der Waals surface area (Å²) in [5.41, 5.74) is -0.222. The average Bonchev–Trinajstić information content (AvgIpc) is 2.52. The highest BCUT2D eigenvalue weighted by molar-refractivity contribution is 6.33. The molecule has 138 valence electrons. The zero-order chi connectivity index (χ0) is 18.6. The molecule has 10 heteroatoms. The Morgan fingerprint density at radius 3 is 2.52 bits per heavy atom. The summed E-state index contributed by atoms with van der Waals surface area (Å²) in [4.78, 5) is 23.3. The zero-order valence-electron chi connectivity index (χ0n) is 13.1. The topological polar surface area (TPSA) is 72.7 Å². The molecular weight excluding hydrogens is 365 g/mol. The third-order valence-electron chi connectivity index (χ3n) is 3.94. The van der Waals surface area contributed by atoms with Gasteiger partial charge in [-0.25, -0.2) is 4.79 Å². The maximum atomic E-state index is 12.3. The lowest BCUT2D eigenvalue weighted by Crippen LogP contribution is -2.40. The Morgan fingerprint density at radius 2 is 2.00 bits per heavy atom. The zero-order valence-corrected chi connectivity index (χ0v) is 13.8.